The van der Waals surface area contributed by atoms with E-state index in [1.165, 1.54) is 82.6 Å². The average Bonchev–Trinajstić information content (AvgIpc) is 2.61. The first-order chi connectivity index (χ1) is 12.2. The first kappa shape index (κ1) is 21.9. The van der Waals surface area contributed by atoms with E-state index in [-0.39, 0.29) is 0 Å². The number of hydrogen-bond donors (Lipinski definition) is 0. The molecule has 0 amide bonds. The maximum absolute atomic E-state index is 12.0. The predicted octanol–water partition coefficient (Wildman–Crippen LogP) is 7.59. The summed E-state index contributed by atoms with van der Waals surface area (Å²) in [5, 5.41) is 0. The molecule has 0 saturated heterocycles. The summed E-state index contributed by atoms with van der Waals surface area (Å²) in [5.74, 6) is 0.395. The second-order valence-corrected chi connectivity index (χ2v) is 7.69. The zero-order chi connectivity index (χ0) is 18.2. The molecular formula is C24H40O. The number of unbranched alkanes of at least 4 members (excludes halogenated alkanes) is 12. The van der Waals surface area contributed by atoms with E-state index < -0.39 is 0 Å². The van der Waals surface area contributed by atoms with E-state index in [1.807, 2.05) is 0 Å². The molecule has 25 heavy (non-hydrogen) atoms. The van der Waals surface area contributed by atoms with Gasteiger partial charge in [-0.15, -0.1) is 0 Å². The van der Waals surface area contributed by atoms with Gasteiger partial charge in [0.1, 0.15) is 5.78 Å². The number of carbonyl (C=O) groups excluding carboxylic acids is 1. The van der Waals surface area contributed by atoms with Crippen molar-refractivity contribution in [2.24, 2.45) is 0 Å². The number of hydrogen-bond acceptors (Lipinski definition) is 1. The van der Waals surface area contributed by atoms with Crippen LogP contribution in [0.4, 0.5) is 0 Å². The zero-order valence-electron chi connectivity index (χ0n) is 16.8. The van der Waals surface area contributed by atoms with Crippen LogP contribution in [0.5, 0.6) is 0 Å². The lowest BCUT2D eigenvalue weighted by Gasteiger charge is -2.04. The largest absolute Gasteiger partial charge is 0.299 e. The Morgan fingerprint density at radius 3 is 1.60 bits per heavy atom. The highest BCUT2D eigenvalue weighted by Gasteiger charge is 2.03. The highest BCUT2D eigenvalue weighted by atomic mass is 16.1. The first-order valence-electron chi connectivity index (χ1n) is 10.8. The molecule has 1 nitrogen and oxygen atoms in total. The molecule has 1 aromatic rings. The van der Waals surface area contributed by atoms with Crippen LogP contribution in [0.2, 0.25) is 0 Å². The van der Waals surface area contributed by atoms with Crippen molar-refractivity contribution in [3.05, 3.63) is 35.4 Å². The van der Waals surface area contributed by atoms with Gasteiger partial charge in [-0.3, -0.25) is 4.79 Å². The fourth-order valence-electron chi connectivity index (χ4n) is 3.36. The van der Waals surface area contributed by atoms with E-state index in [1.54, 1.807) is 0 Å². The van der Waals surface area contributed by atoms with E-state index >= 15 is 0 Å². The molecule has 0 bridgehead atoms. The second kappa shape index (κ2) is 15.2. The van der Waals surface area contributed by atoms with Gasteiger partial charge in [0.05, 0.1) is 0 Å². The third-order valence-corrected chi connectivity index (χ3v) is 5.08. The molecular weight excluding hydrogens is 304 g/mol. The number of carbonyl (C=O) groups is 1. The number of Topliss-reactive ketones (excluding diaryl/α,β-unsaturated/α-hetero) is 1. The van der Waals surface area contributed by atoms with Crippen molar-refractivity contribution in [3.63, 3.8) is 0 Å². The van der Waals surface area contributed by atoms with E-state index in [4.69, 9.17) is 0 Å². The summed E-state index contributed by atoms with van der Waals surface area (Å²) in [6.45, 7) is 4.36. The van der Waals surface area contributed by atoms with Crippen molar-refractivity contribution in [1.29, 1.82) is 0 Å². The van der Waals surface area contributed by atoms with Crippen LogP contribution in [0.15, 0.2) is 24.3 Å². The Morgan fingerprint density at radius 1 is 0.680 bits per heavy atom. The molecule has 0 aromatic heterocycles. The summed E-state index contributed by atoms with van der Waals surface area (Å²) in [7, 11) is 0. The maximum Gasteiger partial charge on any atom is 0.137 e. The van der Waals surface area contributed by atoms with Gasteiger partial charge in [0.15, 0.2) is 0 Å². The number of ketones is 1. The van der Waals surface area contributed by atoms with Crippen LogP contribution in [0.25, 0.3) is 0 Å². The molecule has 0 N–H and O–H groups in total. The van der Waals surface area contributed by atoms with Gasteiger partial charge >= 0.3 is 0 Å². The lowest BCUT2D eigenvalue weighted by atomic mass is 10.0. The third-order valence-electron chi connectivity index (χ3n) is 5.08. The smallest absolute Gasteiger partial charge is 0.137 e. The van der Waals surface area contributed by atoms with Crippen LogP contribution in [0, 0.1) is 6.92 Å². The zero-order valence-corrected chi connectivity index (χ0v) is 16.8. The molecule has 1 rings (SSSR count). The number of benzene rings is 1. The molecule has 0 unspecified atom stereocenters. The van der Waals surface area contributed by atoms with Gasteiger partial charge in [0.2, 0.25) is 0 Å². The van der Waals surface area contributed by atoms with Gasteiger partial charge in [-0.25, -0.2) is 0 Å². The minimum Gasteiger partial charge on any atom is -0.299 e. The van der Waals surface area contributed by atoms with Gasteiger partial charge in [-0.1, -0.05) is 114 Å². The van der Waals surface area contributed by atoms with Crippen molar-refractivity contribution >= 4 is 5.78 Å². The molecule has 0 spiro atoms. The fraction of sp³-hybridized carbons (Fsp3) is 0.708. The summed E-state index contributed by atoms with van der Waals surface area (Å²) >= 11 is 0. The molecule has 0 aliphatic carbocycles. The van der Waals surface area contributed by atoms with E-state index in [0.29, 0.717) is 12.2 Å². The van der Waals surface area contributed by atoms with Crippen molar-refractivity contribution < 1.29 is 4.79 Å². The van der Waals surface area contributed by atoms with E-state index in [2.05, 4.69) is 38.1 Å². The quantitative estimate of drug-likeness (QED) is 0.282. The van der Waals surface area contributed by atoms with Gasteiger partial charge in [0, 0.05) is 12.8 Å². The molecule has 0 aliphatic heterocycles. The second-order valence-electron chi connectivity index (χ2n) is 7.69. The minimum absolute atomic E-state index is 0.395. The summed E-state index contributed by atoms with van der Waals surface area (Å²) < 4.78 is 0. The lowest BCUT2D eigenvalue weighted by molar-refractivity contribution is -0.118. The molecule has 1 heteroatoms. The topological polar surface area (TPSA) is 17.1 Å². The standard InChI is InChI=1S/C24H40O/c1-3-4-5-6-7-8-9-10-11-12-13-14-15-16-24(25)21-23-19-17-22(2)18-20-23/h17-20H,3-16,21H2,1-2H3. The number of rotatable bonds is 16. The van der Waals surface area contributed by atoms with Crippen LogP contribution in [0.3, 0.4) is 0 Å². The van der Waals surface area contributed by atoms with Crippen LogP contribution < -0.4 is 0 Å². The fourth-order valence-corrected chi connectivity index (χ4v) is 3.36. The Balaban J connectivity index is 1.85. The molecule has 0 saturated carbocycles. The Labute approximate surface area is 156 Å². The third kappa shape index (κ3) is 12.8. The van der Waals surface area contributed by atoms with Crippen molar-refractivity contribution in [2.75, 3.05) is 0 Å². The normalized spacial score (nSPS) is 11.0. The van der Waals surface area contributed by atoms with Crippen LogP contribution in [0.1, 0.15) is 108 Å². The predicted molar refractivity (Wildman–Crippen MR) is 110 cm³/mol. The highest BCUT2D eigenvalue weighted by molar-refractivity contribution is 5.80. The van der Waals surface area contributed by atoms with Crippen LogP contribution in [-0.2, 0) is 11.2 Å². The summed E-state index contributed by atoms with van der Waals surface area (Å²) in [5.41, 5.74) is 2.41. The molecule has 1 aromatic carbocycles. The molecule has 0 radical (unpaired) electrons. The Morgan fingerprint density at radius 2 is 1.12 bits per heavy atom. The van der Waals surface area contributed by atoms with Gasteiger partial charge < -0.3 is 0 Å². The minimum atomic E-state index is 0.395. The summed E-state index contributed by atoms with van der Waals surface area (Å²) in [4.78, 5) is 12.0. The number of aryl methyl sites for hydroxylation is 1. The van der Waals surface area contributed by atoms with Gasteiger partial charge in [-0.2, -0.15) is 0 Å². The average molecular weight is 345 g/mol. The van der Waals surface area contributed by atoms with Crippen molar-refractivity contribution in [1.82, 2.24) is 0 Å². The molecule has 0 atom stereocenters. The monoisotopic (exact) mass is 344 g/mol. The first-order valence-corrected chi connectivity index (χ1v) is 10.8. The highest BCUT2D eigenvalue weighted by Crippen LogP contribution is 2.13. The molecule has 0 heterocycles. The van der Waals surface area contributed by atoms with Crippen molar-refractivity contribution in [2.45, 2.75) is 110 Å². The SMILES string of the molecule is CCCCCCCCCCCCCCCC(=O)Cc1ccc(C)cc1. The Bertz CT molecular complexity index is 432. The van der Waals surface area contributed by atoms with Gasteiger partial charge in [-0.05, 0) is 18.9 Å². The van der Waals surface area contributed by atoms with Crippen LogP contribution >= 0.6 is 0 Å². The molecule has 142 valence electrons. The summed E-state index contributed by atoms with van der Waals surface area (Å²) in [6, 6.07) is 8.34. The van der Waals surface area contributed by atoms with Crippen LogP contribution in [-0.4, -0.2) is 5.78 Å². The van der Waals surface area contributed by atoms with Gasteiger partial charge in [0.25, 0.3) is 0 Å². The Kier molecular flexibility index (Phi) is 13.3. The van der Waals surface area contributed by atoms with Crippen molar-refractivity contribution in [3.8, 4) is 0 Å². The summed E-state index contributed by atoms with van der Waals surface area (Å²) in [6.07, 6.45) is 19.0. The molecule has 0 fully saturated rings. The maximum atomic E-state index is 12.0. The lowest BCUT2D eigenvalue weighted by Crippen LogP contribution is -2.02. The Hall–Kier alpha value is -1.11. The molecule has 0 aliphatic rings. The van der Waals surface area contributed by atoms with E-state index in [0.717, 1.165) is 18.4 Å². The van der Waals surface area contributed by atoms with E-state index in [9.17, 15) is 4.79 Å².